The van der Waals surface area contributed by atoms with E-state index >= 15 is 0 Å². The number of rotatable bonds is 3. The number of terminal acetylenes is 1. The van der Waals surface area contributed by atoms with Crippen LogP contribution in [-0.4, -0.2) is 10.5 Å². The van der Waals surface area contributed by atoms with Crippen molar-refractivity contribution in [2.24, 2.45) is 0 Å². The molecule has 0 aliphatic heterocycles. The van der Waals surface area contributed by atoms with Crippen molar-refractivity contribution < 1.29 is 4.79 Å². The summed E-state index contributed by atoms with van der Waals surface area (Å²) < 4.78 is -0.238. The van der Waals surface area contributed by atoms with Gasteiger partial charge < -0.3 is 0 Å². The van der Waals surface area contributed by atoms with Gasteiger partial charge in [0.25, 0.3) is 0 Å². The molecule has 1 unspecified atom stereocenters. The van der Waals surface area contributed by atoms with Crippen molar-refractivity contribution in [3.05, 3.63) is 30.3 Å². The van der Waals surface area contributed by atoms with Gasteiger partial charge in [0.2, 0.25) is 6.41 Å². The molecule has 0 spiro atoms. The Morgan fingerprint density at radius 2 is 2.08 bits per heavy atom. The lowest BCUT2D eigenvalue weighted by atomic mass is 10.3. The summed E-state index contributed by atoms with van der Waals surface area (Å²) in [4.78, 5) is 12.2. The Morgan fingerprint density at radius 1 is 1.46 bits per heavy atom. The normalized spacial score (nSPS) is 11.4. The lowest BCUT2D eigenvalue weighted by molar-refractivity contribution is -0.107. The molecule has 0 radical (unpaired) electrons. The molecule has 0 bridgehead atoms. The third-order valence-electron chi connectivity index (χ3n) is 1.55. The first kappa shape index (κ1) is 10.1. The topological polar surface area (TPSA) is 20.3 Å². The van der Waals surface area contributed by atoms with Crippen LogP contribution < -0.4 is 4.90 Å². The van der Waals surface area contributed by atoms with E-state index < -0.39 is 0 Å². The Kier molecular flexibility index (Phi) is 3.77. The summed E-state index contributed by atoms with van der Waals surface area (Å²) in [5, 5.41) is 0. The van der Waals surface area contributed by atoms with Crippen molar-refractivity contribution in [2.45, 2.75) is 4.05 Å². The molecule has 0 aliphatic carbocycles. The Hall–Kier alpha value is -1.02. The molecule has 1 amide bonds. The number of nitrogens with zero attached hydrogens (tertiary/aromatic N) is 1. The standard InChI is InChI=1S/C10H8INO/c1-2-10(11)12(8-13)9-6-4-3-5-7-9/h1,3-8,10H. The maximum absolute atomic E-state index is 10.7. The molecule has 3 heteroatoms. The minimum atomic E-state index is -0.238. The smallest absolute Gasteiger partial charge is 0.215 e. The summed E-state index contributed by atoms with van der Waals surface area (Å²) in [6.07, 6.45) is 5.97. The Morgan fingerprint density at radius 3 is 2.54 bits per heavy atom. The molecule has 1 atom stereocenters. The van der Waals surface area contributed by atoms with E-state index in [0.29, 0.717) is 0 Å². The second kappa shape index (κ2) is 4.87. The van der Waals surface area contributed by atoms with Gasteiger partial charge in [-0.2, -0.15) is 0 Å². The van der Waals surface area contributed by atoms with E-state index in [2.05, 4.69) is 5.92 Å². The summed E-state index contributed by atoms with van der Waals surface area (Å²) in [6.45, 7) is 0. The van der Waals surface area contributed by atoms with Gasteiger partial charge in [0.1, 0.15) is 4.05 Å². The highest BCUT2D eigenvalue weighted by atomic mass is 127. The van der Waals surface area contributed by atoms with Gasteiger partial charge in [-0.1, -0.05) is 24.1 Å². The zero-order valence-corrected chi connectivity index (χ0v) is 9.01. The average Bonchev–Trinajstić information content (AvgIpc) is 2.20. The highest BCUT2D eigenvalue weighted by molar-refractivity contribution is 14.1. The van der Waals surface area contributed by atoms with Crippen molar-refractivity contribution in [3.63, 3.8) is 0 Å². The lowest BCUT2D eigenvalue weighted by Crippen LogP contribution is -2.27. The molecule has 0 aliphatic rings. The van der Waals surface area contributed by atoms with E-state index in [-0.39, 0.29) is 4.05 Å². The zero-order valence-electron chi connectivity index (χ0n) is 6.85. The lowest BCUT2D eigenvalue weighted by Gasteiger charge is -2.18. The molecule has 1 rings (SSSR count). The predicted molar refractivity (Wildman–Crippen MR) is 61.6 cm³/mol. The monoisotopic (exact) mass is 285 g/mol. The van der Waals surface area contributed by atoms with Gasteiger partial charge >= 0.3 is 0 Å². The number of carbonyl (C=O) groups excluding carboxylic acids is 1. The van der Waals surface area contributed by atoms with Crippen LogP contribution in [0, 0.1) is 12.3 Å². The predicted octanol–water partition coefficient (Wildman–Crippen LogP) is 2.04. The third-order valence-corrected chi connectivity index (χ3v) is 2.51. The van der Waals surface area contributed by atoms with Crippen molar-refractivity contribution >= 4 is 34.7 Å². The average molecular weight is 285 g/mol. The highest BCUT2D eigenvalue weighted by Gasteiger charge is 2.11. The van der Waals surface area contributed by atoms with E-state index in [9.17, 15) is 4.79 Å². The van der Waals surface area contributed by atoms with Gasteiger partial charge in [-0.05, 0) is 34.7 Å². The van der Waals surface area contributed by atoms with Crippen LogP contribution in [0.4, 0.5) is 5.69 Å². The molecule has 0 N–H and O–H groups in total. The van der Waals surface area contributed by atoms with Crippen LogP contribution >= 0.6 is 22.6 Å². The number of benzene rings is 1. The van der Waals surface area contributed by atoms with Crippen LogP contribution in [0.3, 0.4) is 0 Å². The molecule has 1 aromatic carbocycles. The number of amides is 1. The number of alkyl halides is 1. The maximum atomic E-state index is 10.7. The molecule has 0 fully saturated rings. The molecule has 0 saturated carbocycles. The first-order valence-electron chi connectivity index (χ1n) is 3.68. The van der Waals surface area contributed by atoms with Gasteiger partial charge in [0.05, 0.1) is 0 Å². The molecule has 0 heterocycles. The summed E-state index contributed by atoms with van der Waals surface area (Å²) in [7, 11) is 0. The minimum Gasteiger partial charge on any atom is -0.292 e. The summed E-state index contributed by atoms with van der Waals surface area (Å²) in [6, 6.07) is 9.32. The summed E-state index contributed by atoms with van der Waals surface area (Å²) in [5.41, 5.74) is 0.815. The number of halogens is 1. The fourth-order valence-electron chi connectivity index (χ4n) is 0.926. The third kappa shape index (κ3) is 2.46. The molecular formula is C10H8INO. The van der Waals surface area contributed by atoms with E-state index in [1.807, 2.05) is 52.9 Å². The Labute approximate surface area is 91.1 Å². The zero-order chi connectivity index (χ0) is 9.68. The van der Waals surface area contributed by atoms with Crippen LogP contribution in [0.25, 0.3) is 0 Å². The Bertz CT molecular complexity index is 317. The van der Waals surface area contributed by atoms with Crippen LogP contribution in [0.1, 0.15) is 0 Å². The highest BCUT2D eigenvalue weighted by Crippen LogP contribution is 2.17. The first-order chi connectivity index (χ1) is 6.29. The second-order valence-corrected chi connectivity index (χ2v) is 3.53. The molecular weight excluding hydrogens is 277 g/mol. The van der Waals surface area contributed by atoms with Crippen molar-refractivity contribution in [3.8, 4) is 12.3 Å². The van der Waals surface area contributed by atoms with Gasteiger partial charge in [-0.3, -0.25) is 9.69 Å². The number of anilines is 1. The molecule has 0 aromatic heterocycles. The Balaban J connectivity index is 2.92. The molecule has 0 saturated heterocycles. The second-order valence-electron chi connectivity index (χ2n) is 2.35. The van der Waals surface area contributed by atoms with Gasteiger partial charge in [0.15, 0.2) is 0 Å². The van der Waals surface area contributed by atoms with Crippen LogP contribution in [0.2, 0.25) is 0 Å². The number of para-hydroxylation sites is 1. The fraction of sp³-hybridized carbons (Fsp3) is 0.100. The van der Waals surface area contributed by atoms with Gasteiger partial charge in [-0.25, -0.2) is 0 Å². The van der Waals surface area contributed by atoms with E-state index in [1.165, 1.54) is 4.90 Å². The van der Waals surface area contributed by atoms with E-state index in [4.69, 9.17) is 6.42 Å². The van der Waals surface area contributed by atoms with Crippen molar-refractivity contribution in [2.75, 3.05) is 4.90 Å². The van der Waals surface area contributed by atoms with E-state index in [0.717, 1.165) is 12.1 Å². The van der Waals surface area contributed by atoms with Crippen LogP contribution in [-0.2, 0) is 4.79 Å². The summed E-state index contributed by atoms with van der Waals surface area (Å²) >= 11 is 2.03. The van der Waals surface area contributed by atoms with E-state index in [1.54, 1.807) is 0 Å². The maximum Gasteiger partial charge on any atom is 0.215 e. The fourth-order valence-corrected chi connectivity index (χ4v) is 1.38. The minimum absolute atomic E-state index is 0.238. The van der Waals surface area contributed by atoms with Crippen LogP contribution in [0.15, 0.2) is 30.3 Å². The van der Waals surface area contributed by atoms with Gasteiger partial charge in [-0.15, -0.1) is 6.42 Å². The number of hydrogen-bond acceptors (Lipinski definition) is 1. The number of carbonyl (C=O) groups is 1. The van der Waals surface area contributed by atoms with Crippen molar-refractivity contribution in [1.29, 1.82) is 0 Å². The SMILES string of the molecule is C#CC(I)N(C=O)c1ccccc1. The molecule has 13 heavy (non-hydrogen) atoms. The quantitative estimate of drug-likeness (QED) is 0.274. The molecule has 66 valence electrons. The number of hydrogen-bond donors (Lipinski definition) is 0. The summed E-state index contributed by atoms with van der Waals surface area (Å²) in [5.74, 6) is 2.50. The van der Waals surface area contributed by atoms with Crippen LogP contribution in [0.5, 0.6) is 0 Å². The molecule has 2 nitrogen and oxygen atoms in total. The largest absolute Gasteiger partial charge is 0.292 e. The van der Waals surface area contributed by atoms with Gasteiger partial charge in [0, 0.05) is 5.69 Å². The molecule has 1 aromatic rings. The first-order valence-corrected chi connectivity index (χ1v) is 4.93. The van der Waals surface area contributed by atoms with Crippen molar-refractivity contribution in [1.82, 2.24) is 0 Å².